The molecule has 0 aliphatic rings. The van der Waals surface area contributed by atoms with E-state index in [1.807, 2.05) is 44.2 Å². The van der Waals surface area contributed by atoms with Crippen LogP contribution >= 0.6 is 0 Å². The normalized spacial score (nSPS) is 13.8. The number of quaternary nitrogens is 1. The number of nitrogens with zero attached hydrogens (tertiary/aromatic N) is 1. The van der Waals surface area contributed by atoms with E-state index in [2.05, 4.69) is 10.0 Å². The molecule has 0 radical (unpaired) electrons. The summed E-state index contributed by atoms with van der Waals surface area (Å²) >= 11 is 0. The quantitative estimate of drug-likeness (QED) is 0.276. The Bertz CT molecular complexity index is 1010. The van der Waals surface area contributed by atoms with Crippen molar-refractivity contribution >= 4 is 16.1 Å². The number of amides is 1. The van der Waals surface area contributed by atoms with Crippen LogP contribution in [0.4, 0.5) is 0 Å². The highest BCUT2D eigenvalue weighted by Crippen LogP contribution is 2.28. The van der Waals surface area contributed by atoms with Crippen molar-refractivity contribution < 1.29 is 27.3 Å². The average Bonchev–Trinajstić information content (AvgIpc) is 2.83. The highest BCUT2D eigenvalue weighted by Gasteiger charge is 2.51. The first-order valence-corrected chi connectivity index (χ1v) is 13.8. The summed E-state index contributed by atoms with van der Waals surface area (Å²) in [5, 5.41) is 24.4. The molecule has 0 bridgehead atoms. The average molecular weight is 507 g/mol. The summed E-state index contributed by atoms with van der Waals surface area (Å²) in [6, 6.07) is 15.6. The molecule has 4 N–H and O–H groups in total. The molecule has 0 aliphatic heterocycles. The zero-order chi connectivity index (χ0) is 25.9. The number of aliphatic hydroxyl groups is 1. The standard InChI is InChI=1S/C26H39N3O5S/c1-4-16-29(17-5-2,35(33,34)28-26(32)6-3)24(18-21-12-14-23(30)15-13-21)25(31)20-27-19-22-10-8-7-9-11-22/h7-15,24-25,27,31H,4-6,16-20H2,1-3H3,(H-,28,30,32)/p+1. The van der Waals surface area contributed by atoms with Gasteiger partial charge in [-0.2, -0.15) is 12.3 Å². The molecule has 2 unspecified atom stereocenters. The first-order chi connectivity index (χ1) is 16.7. The second-order valence-electron chi connectivity index (χ2n) is 8.88. The summed E-state index contributed by atoms with van der Waals surface area (Å²) in [6.45, 7) is 6.62. The molecule has 1 amide bonds. The molecule has 35 heavy (non-hydrogen) atoms. The van der Waals surface area contributed by atoms with E-state index in [4.69, 9.17) is 0 Å². The maximum absolute atomic E-state index is 13.8. The summed E-state index contributed by atoms with van der Waals surface area (Å²) in [6.07, 6.45) is 0.394. The van der Waals surface area contributed by atoms with E-state index in [9.17, 15) is 23.4 Å². The zero-order valence-corrected chi connectivity index (χ0v) is 21.8. The molecule has 0 spiro atoms. The van der Waals surface area contributed by atoms with Crippen LogP contribution in [0.2, 0.25) is 0 Å². The summed E-state index contributed by atoms with van der Waals surface area (Å²) < 4.78 is 29.3. The van der Waals surface area contributed by atoms with Crippen LogP contribution in [0.3, 0.4) is 0 Å². The third-order valence-electron chi connectivity index (χ3n) is 6.20. The van der Waals surface area contributed by atoms with Gasteiger partial charge in [0.15, 0.2) is 0 Å². The molecular weight excluding hydrogens is 466 g/mol. The molecule has 0 aliphatic carbocycles. The highest BCUT2D eigenvalue weighted by molar-refractivity contribution is 7.84. The van der Waals surface area contributed by atoms with Gasteiger partial charge in [-0.3, -0.25) is 4.79 Å². The first kappa shape index (κ1) is 28.8. The minimum Gasteiger partial charge on any atom is -0.508 e. The van der Waals surface area contributed by atoms with Crippen molar-refractivity contribution in [1.29, 1.82) is 0 Å². The Hall–Kier alpha value is -2.46. The van der Waals surface area contributed by atoms with Crippen LogP contribution in [0, 0.1) is 0 Å². The fourth-order valence-electron chi connectivity index (χ4n) is 4.51. The van der Waals surface area contributed by atoms with E-state index in [0.29, 0.717) is 19.4 Å². The van der Waals surface area contributed by atoms with Crippen molar-refractivity contribution in [1.82, 2.24) is 10.0 Å². The molecule has 2 rings (SSSR count). The summed E-state index contributed by atoms with van der Waals surface area (Å²) in [7, 11) is -4.17. The van der Waals surface area contributed by atoms with E-state index >= 15 is 0 Å². The first-order valence-electron chi connectivity index (χ1n) is 12.3. The minimum atomic E-state index is -4.17. The van der Waals surface area contributed by atoms with Gasteiger partial charge in [0.05, 0.1) is 13.1 Å². The van der Waals surface area contributed by atoms with Crippen molar-refractivity contribution in [3.05, 3.63) is 65.7 Å². The van der Waals surface area contributed by atoms with Crippen LogP contribution in [0.1, 0.15) is 51.2 Å². The van der Waals surface area contributed by atoms with Crippen molar-refractivity contribution in [3.8, 4) is 5.75 Å². The molecule has 2 atom stereocenters. The van der Waals surface area contributed by atoms with Gasteiger partial charge in [-0.25, -0.2) is 4.72 Å². The number of aromatic hydroxyl groups is 1. The number of hydrogen-bond acceptors (Lipinski definition) is 6. The molecular formula is C26H40N3O5S+. The lowest BCUT2D eigenvalue weighted by Crippen LogP contribution is -2.68. The van der Waals surface area contributed by atoms with Crippen LogP contribution in [-0.2, 0) is 28.0 Å². The van der Waals surface area contributed by atoms with Crippen molar-refractivity contribution in [2.75, 3.05) is 19.6 Å². The Morgan fingerprint density at radius 3 is 2.09 bits per heavy atom. The third kappa shape index (κ3) is 7.76. The smallest absolute Gasteiger partial charge is 0.396 e. The number of carbonyl (C=O) groups excluding carboxylic acids is 1. The number of nitrogens with one attached hydrogen (secondary N) is 2. The number of phenolic OH excluding ortho intramolecular Hbond substituents is 1. The summed E-state index contributed by atoms with van der Waals surface area (Å²) in [4.78, 5) is 12.2. The highest BCUT2D eigenvalue weighted by atomic mass is 32.2. The van der Waals surface area contributed by atoms with E-state index < -0.39 is 32.2 Å². The molecule has 194 valence electrons. The van der Waals surface area contributed by atoms with E-state index in [1.165, 1.54) is 0 Å². The molecule has 8 nitrogen and oxygen atoms in total. The SMILES string of the molecule is CCC[N+](CCC)(C(Cc1ccc(O)cc1)C(O)CNCc1ccccc1)S(=O)(=O)NC(=O)CC. The number of carbonyl (C=O) groups is 1. The molecule has 0 saturated carbocycles. The number of rotatable bonds is 15. The predicted octanol–water partition coefficient (Wildman–Crippen LogP) is 2.86. The second kappa shape index (κ2) is 13.6. The van der Waals surface area contributed by atoms with Gasteiger partial charge in [-0.1, -0.05) is 63.2 Å². The van der Waals surface area contributed by atoms with Crippen LogP contribution < -0.4 is 10.0 Å². The lowest BCUT2D eigenvalue weighted by Gasteiger charge is -2.44. The molecule has 0 saturated heterocycles. The topological polar surface area (TPSA) is 116 Å². The Morgan fingerprint density at radius 1 is 0.943 bits per heavy atom. The van der Waals surface area contributed by atoms with Gasteiger partial charge in [0.25, 0.3) is 0 Å². The second-order valence-corrected chi connectivity index (χ2v) is 10.8. The lowest BCUT2D eigenvalue weighted by molar-refractivity contribution is -0.838. The molecule has 2 aromatic carbocycles. The molecule has 9 heteroatoms. The fraction of sp³-hybridized carbons (Fsp3) is 0.500. The Labute approximate surface area is 209 Å². The van der Waals surface area contributed by atoms with Gasteiger partial charge >= 0.3 is 10.2 Å². The van der Waals surface area contributed by atoms with Crippen LogP contribution in [0.15, 0.2) is 54.6 Å². The number of benzene rings is 2. The molecule has 0 fully saturated rings. The van der Waals surface area contributed by atoms with Crippen LogP contribution in [0.25, 0.3) is 0 Å². The third-order valence-corrected chi connectivity index (χ3v) is 8.28. The van der Waals surface area contributed by atoms with Gasteiger partial charge in [0.2, 0.25) is 5.91 Å². The van der Waals surface area contributed by atoms with Crippen molar-refractivity contribution in [2.24, 2.45) is 0 Å². The Kier molecular flexibility index (Phi) is 11.2. The van der Waals surface area contributed by atoms with E-state index in [-0.39, 0.29) is 38.2 Å². The number of hydrogen-bond donors (Lipinski definition) is 4. The summed E-state index contributed by atoms with van der Waals surface area (Å²) in [5.41, 5.74) is 1.85. The van der Waals surface area contributed by atoms with Crippen molar-refractivity contribution in [2.45, 2.75) is 65.1 Å². The van der Waals surface area contributed by atoms with Crippen LogP contribution in [-0.4, -0.2) is 60.2 Å². The Balaban J connectivity index is 2.46. The van der Waals surface area contributed by atoms with Gasteiger partial charge in [-0.05, 0) is 36.1 Å². The van der Waals surface area contributed by atoms with Gasteiger partial charge in [0.1, 0.15) is 17.9 Å². The van der Waals surface area contributed by atoms with E-state index in [1.54, 1.807) is 31.2 Å². The maximum atomic E-state index is 13.8. The molecule has 0 aromatic heterocycles. The molecule has 2 aromatic rings. The van der Waals surface area contributed by atoms with Crippen LogP contribution in [0.5, 0.6) is 5.75 Å². The maximum Gasteiger partial charge on any atom is 0.396 e. The fourth-order valence-corrected chi connectivity index (χ4v) is 6.54. The molecule has 0 heterocycles. The van der Waals surface area contributed by atoms with Gasteiger partial charge in [0, 0.05) is 25.9 Å². The van der Waals surface area contributed by atoms with E-state index in [0.717, 1.165) is 11.1 Å². The number of aliphatic hydroxyl groups excluding tert-OH is 1. The minimum absolute atomic E-state index is 0.0429. The van der Waals surface area contributed by atoms with Crippen molar-refractivity contribution in [3.63, 3.8) is 0 Å². The Morgan fingerprint density at radius 2 is 1.54 bits per heavy atom. The lowest BCUT2D eigenvalue weighted by atomic mass is 9.98. The number of phenols is 1. The predicted molar refractivity (Wildman–Crippen MR) is 138 cm³/mol. The monoisotopic (exact) mass is 506 g/mol. The van der Waals surface area contributed by atoms with Gasteiger partial charge in [-0.15, -0.1) is 0 Å². The van der Waals surface area contributed by atoms with Gasteiger partial charge < -0.3 is 15.5 Å². The summed E-state index contributed by atoms with van der Waals surface area (Å²) in [5.74, 6) is -0.458. The largest absolute Gasteiger partial charge is 0.508 e. The zero-order valence-electron chi connectivity index (χ0n) is 21.0.